The first-order valence-corrected chi connectivity index (χ1v) is 6.22. The van der Waals surface area contributed by atoms with E-state index in [-0.39, 0.29) is 18.3 Å². The van der Waals surface area contributed by atoms with Crippen LogP contribution in [-0.2, 0) is 6.54 Å². The van der Waals surface area contributed by atoms with Crippen LogP contribution in [0.4, 0.5) is 8.78 Å². The number of aromatic nitrogens is 2. The molecular weight excluding hydrogens is 280 g/mol. The molecule has 21 heavy (non-hydrogen) atoms. The van der Waals surface area contributed by atoms with Crippen LogP contribution in [0.2, 0.25) is 0 Å². The Labute approximate surface area is 120 Å². The molecule has 5 nitrogen and oxygen atoms in total. The smallest absolute Gasteiger partial charge is 0.319 e. The van der Waals surface area contributed by atoms with Crippen LogP contribution in [0.5, 0.6) is 5.75 Å². The molecule has 0 bridgehead atoms. The molecule has 0 atom stereocenters. The molecule has 0 saturated heterocycles. The normalized spacial score (nSPS) is 10.7. The van der Waals surface area contributed by atoms with Crippen molar-refractivity contribution < 1.29 is 18.3 Å². The van der Waals surface area contributed by atoms with E-state index in [1.165, 1.54) is 31.5 Å². The minimum absolute atomic E-state index is 0.00656. The molecule has 0 N–H and O–H groups in total. The van der Waals surface area contributed by atoms with Crippen molar-refractivity contribution in [2.45, 2.75) is 13.1 Å². The molecule has 1 aromatic heterocycles. The van der Waals surface area contributed by atoms with Crippen molar-refractivity contribution in [3.8, 4) is 5.75 Å². The molecule has 0 aliphatic rings. The second-order valence-corrected chi connectivity index (χ2v) is 4.42. The fraction of sp³-hybridized carbons (Fsp3) is 0.286. The van der Waals surface area contributed by atoms with Gasteiger partial charge in [-0.15, -0.1) is 0 Å². The Morgan fingerprint density at radius 2 is 2.24 bits per heavy atom. The molecule has 0 spiro atoms. The summed E-state index contributed by atoms with van der Waals surface area (Å²) in [5.74, 6) is 0.393. The summed E-state index contributed by atoms with van der Waals surface area (Å²) < 4.78 is 31.3. The summed E-state index contributed by atoms with van der Waals surface area (Å²) in [6.07, 6.45) is 2.47. The minimum Gasteiger partial charge on any atom is -0.497 e. The molecular formula is C14H15F2N3O2. The Hall–Kier alpha value is -2.44. The third kappa shape index (κ3) is 3.36. The molecule has 0 saturated carbocycles. The van der Waals surface area contributed by atoms with Gasteiger partial charge >= 0.3 is 6.55 Å². The third-order valence-corrected chi connectivity index (χ3v) is 3.00. The fourth-order valence-electron chi connectivity index (χ4n) is 1.90. The largest absolute Gasteiger partial charge is 0.497 e. The SMILES string of the molecule is COc1cccc(C(=O)N(C)Cc2nccn2C(F)F)c1. The van der Waals surface area contributed by atoms with E-state index in [4.69, 9.17) is 4.74 Å². The lowest BCUT2D eigenvalue weighted by molar-refractivity contribution is 0.0612. The average molecular weight is 295 g/mol. The van der Waals surface area contributed by atoms with Crippen LogP contribution >= 0.6 is 0 Å². The van der Waals surface area contributed by atoms with E-state index in [2.05, 4.69) is 4.98 Å². The maximum absolute atomic E-state index is 12.7. The van der Waals surface area contributed by atoms with Gasteiger partial charge in [-0.1, -0.05) is 6.07 Å². The average Bonchev–Trinajstić information content (AvgIpc) is 2.94. The van der Waals surface area contributed by atoms with Gasteiger partial charge in [-0.3, -0.25) is 9.36 Å². The van der Waals surface area contributed by atoms with Gasteiger partial charge in [-0.2, -0.15) is 8.78 Å². The molecule has 0 aliphatic heterocycles. The van der Waals surface area contributed by atoms with Crippen molar-refractivity contribution in [3.63, 3.8) is 0 Å². The zero-order valence-corrected chi connectivity index (χ0v) is 11.7. The van der Waals surface area contributed by atoms with Gasteiger partial charge in [-0.25, -0.2) is 4.98 Å². The van der Waals surface area contributed by atoms with E-state index >= 15 is 0 Å². The second-order valence-electron chi connectivity index (χ2n) is 4.42. The van der Waals surface area contributed by atoms with E-state index in [0.717, 1.165) is 4.57 Å². The zero-order chi connectivity index (χ0) is 15.4. The number of halogens is 2. The van der Waals surface area contributed by atoms with Gasteiger partial charge in [0.1, 0.15) is 11.6 Å². The van der Waals surface area contributed by atoms with E-state index in [1.54, 1.807) is 24.3 Å². The van der Waals surface area contributed by atoms with Crippen molar-refractivity contribution in [2.24, 2.45) is 0 Å². The van der Waals surface area contributed by atoms with E-state index in [9.17, 15) is 13.6 Å². The number of benzene rings is 1. The van der Waals surface area contributed by atoms with Gasteiger partial charge in [0, 0.05) is 25.0 Å². The summed E-state index contributed by atoms with van der Waals surface area (Å²) in [5, 5.41) is 0. The molecule has 2 aromatic rings. The monoisotopic (exact) mass is 295 g/mol. The van der Waals surface area contributed by atoms with Crippen molar-refractivity contribution >= 4 is 5.91 Å². The lowest BCUT2D eigenvalue weighted by atomic mass is 10.2. The first-order chi connectivity index (χ1) is 10.0. The van der Waals surface area contributed by atoms with Crippen LogP contribution in [0.15, 0.2) is 36.7 Å². The third-order valence-electron chi connectivity index (χ3n) is 3.00. The Kier molecular flexibility index (Phi) is 4.52. The highest BCUT2D eigenvalue weighted by atomic mass is 19.3. The molecule has 0 unspecified atom stereocenters. The highest BCUT2D eigenvalue weighted by Crippen LogP contribution is 2.17. The standard InChI is InChI=1S/C14H15F2N3O2/c1-18(9-12-17-6-7-19(12)14(15)16)13(20)10-4-3-5-11(8-10)21-2/h3-8,14H,9H2,1-2H3. The van der Waals surface area contributed by atoms with Crippen LogP contribution < -0.4 is 4.74 Å². The van der Waals surface area contributed by atoms with Gasteiger partial charge < -0.3 is 9.64 Å². The fourth-order valence-corrected chi connectivity index (χ4v) is 1.90. The van der Waals surface area contributed by atoms with Crippen LogP contribution in [-0.4, -0.2) is 34.5 Å². The van der Waals surface area contributed by atoms with Crippen molar-refractivity contribution in [3.05, 3.63) is 48.0 Å². The molecule has 1 aromatic carbocycles. The quantitative estimate of drug-likeness (QED) is 0.851. The van der Waals surface area contributed by atoms with Crippen LogP contribution in [0.3, 0.4) is 0 Å². The summed E-state index contributed by atoms with van der Waals surface area (Å²) in [6, 6.07) is 6.65. The zero-order valence-electron chi connectivity index (χ0n) is 11.7. The molecule has 2 rings (SSSR count). The van der Waals surface area contributed by atoms with Crippen LogP contribution in [0.1, 0.15) is 22.7 Å². The number of carbonyl (C=O) groups is 1. The predicted octanol–water partition coefficient (Wildman–Crippen LogP) is 2.56. The van der Waals surface area contributed by atoms with Crippen molar-refractivity contribution in [1.29, 1.82) is 0 Å². The number of amides is 1. The first kappa shape index (κ1) is 15.0. The summed E-state index contributed by atoms with van der Waals surface area (Å²) in [6.45, 7) is -2.68. The molecule has 7 heteroatoms. The molecule has 112 valence electrons. The van der Waals surface area contributed by atoms with Crippen LogP contribution in [0.25, 0.3) is 0 Å². The van der Waals surface area contributed by atoms with Gasteiger partial charge in [0.05, 0.1) is 13.7 Å². The van der Waals surface area contributed by atoms with Crippen molar-refractivity contribution in [2.75, 3.05) is 14.2 Å². The number of imidazole rings is 1. The molecule has 1 heterocycles. The van der Waals surface area contributed by atoms with Gasteiger partial charge in [0.2, 0.25) is 0 Å². The number of carbonyl (C=O) groups excluding carboxylic acids is 1. The van der Waals surface area contributed by atoms with Crippen molar-refractivity contribution in [1.82, 2.24) is 14.5 Å². The maximum atomic E-state index is 12.7. The Bertz CT molecular complexity index is 628. The number of hydrogen-bond donors (Lipinski definition) is 0. The highest BCUT2D eigenvalue weighted by molar-refractivity contribution is 5.94. The van der Waals surface area contributed by atoms with Gasteiger partial charge in [0.25, 0.3) is 5.91 Å². The second kappa shape index (κ2) is 6.34. The predicted molar refractivity (Wildman–Crippen MR) is 72.3 cm³/mol. The maximum Gasteiger partial charge on any atom is 0.319 e. The summed E-state index contributed by atoms with van der Waals surface area (Å²) in [4.78, 5) is 17.4. The Balaban J connectivity index is 2.13. The summed E-state index contributed by atoms with van der Waals surface area (Å²) >= 11 is 0. The lowest BCUT2D eigenvalue weighted by Crippen LogP contribution is -2.27. The minimum atomic E-state index is -2.68. The number of methoxy groups -OCH3 is 1. The van der Waals surface area contributed by atoms with E-state index in [1.807, 2.05) is 0 Å². The number of hydrogen-bond acceptors (Lipinski definition) is 3. The van der Waals surface area contributed by atoms with Gasteiger partial charge in [0.15, 0.2) is 0 Å². The number of nitrogens with zero attached hydrogens (tertiary/aromatic N) is 3. The first-order valence-electron chi connectivity index (χ1n) is 6.22. The topological polar surface area (TPSA) is 47.4 Å². The number of rotatable bonds is 5. The number of alkyl halides is 2. The Morgan fingerprint density at radius 1 is 1.48 bits per heavy atom. The Morgan fingerprint density at radius 3 is 2.90 bits per heavy atom. The summed E-state index contributed by atoms with van der Waals surface area (Å²) in [7, 11) is 3.04. The van der Waals surface area contributed by atoms with Gasteiger partial charge in [-0.05, 0) is 18.2 Å². The lowest BCUT2D eigenvalue weighted by Gasteiger charge is -2.18. The highest BCUT2D eigenvalue weighted by Gasteiger charge is 2.17. The summed E-state index contributed by atoms with van der Waals surface area (Å²) in [5.41, 5.74) is 0.423. The molecule has 0 fully saturated rings. The van der Waals surface area contributed by atoms with E-state index < -0.39 is 6.55 Å². The molecule has 0 aliphatic carbocycles. The van der Waals surface area contributed by atoms with E-state index in [0.29, 0.717) is 11.3 Å². The number of ether oxygens (including phenoxy) is 1. The molecule has 0 radical (unpaired) electrons. The molecule has 1 amide bonds. The van der Waals surface area contributed by atoms with Crippen LogP contribution in [0, 0.1) is 0 Å².